The summed E-state index contributed by atoms with van der Waals surface area (Å²) >= 11 is 3.42. The van der Waals surface area contributed by atoms with E-state index in [-0.39, 0.29) is 5.75 Å². The fourth-order valence-corrected chi connectivity index (χ4v) is 3.02. The van der Waals surface area contributed by atoms with Crippen LogP contribution in [0.3, 0.4) is 0 Å². The Hall–Kier alpha value is -2.80. The van der Waals surface area contributed by atoms with Crippen molar-refractivity contribution in [2.24, 2.45) is 0 Å². The van der Waals surface area contributed by atoms with Crippen LogP contribution >= 0.6 is 15.9 Å². The molecule has 0 unspecified atom stereocenters. The summed E-state index contributed by atoms with van der Waals surface area (Å²) in [6.45, 7) is 0. The summed E-state index contributed by atoms with van der Waals surface area (Å²) in [6.07, 6.45) is 2.25. The van der Waals surface area contributed by atoms with Gasteiger partial charge < -0.3 is 10.1 Å². The van der Waals surface area contributed by atoms with Gasteiger partial charge in [-0.3, -0.25) is 4.98 Å². The van der Waals surface area contributed by atoms with Gasteiger partial charge in [-0.2, -0.15) is 0 Å². The molecule has 118 valence electrons. The summed E-state index contributed by atoms with van der Waals surface area (Å²) in [5, 5.41) is 19.5. The van der Waals surface area contributed by atoms with Gasteiger partial charge in [0.15, 0.2) is 17.3 Å². The highest BCUT2D eigenvalue weighted by Gasteiger charge is 2.17. The highest BCUT2D eigenvalue weighted by Crippen LogP contribution is 2.34. The van der Waals surface area contributed by atoms with E-state index >= 15 is 0 Å². The quantitative estimate of drug-likeness (QED) is 0.530. The van der Waals surface area contributed by atoms with Crippen molar-refractivity contribution >= 4 is 26.8 Å². The Kier molecular flexibility index (Phi) is 3.70. The summed E-state index contributed by atoms with van der Waals surface area (Å²) in [7, 11) is 0. The number of hydrogen-bond donors (Lipinski definition) is 2. The Morgan fingerprint density at radius 2 is 1.88 bits per heavy atom. The van der Waals surface area contributed by atoms with E-state index in [9.17, 15) is 5.11 Å². The molecule has 24 heavy (non-hydrogen) atoms. The molecular formula is C17H12BrN5O. The Balaban J connectivity index is 1.75. The third-order valence-electron chi connectivity index (χ3n) is 3.66. The fourth-order valence-electron chi connectivity index (χ4n) is 2.52. The summed E-state index contributed by atoms with van der Waals surface area (Å²) < 4.78 is 0.597. The molecule has 2 N–H and O–H groups in total. The normalized spacial score (nSPS) is 11.0. The average molecular weight is 382 g/mol. The van der Waals surface area contributed by atoms with Crippen LogP contribution in [0, 0.1) is 0 Å². The van der Waals surface area contributed by atoms with E-state index in [1.54, 1.807) is 12.3 Å². The van der Waals surface area contributed by atoms with E-state index in [4.69, 9.17) is 0 Å². The predicted octanol–water partition coefficient (Wildman–Crippen LogP) is 3.47. The minimum atomic E-state index is -0.0174. The maximum Gasteiger partial charge on any atom is 0.183 e. The van der Waals surface area contributed by atoms with Crippen molar-refractivity contribution in [2.45, 2.75) is 6.42 Å². The van der Waals surface area contributed by atoms with E-state index in [2.05, 4.69) is 41.1 Å². The number of aromatic hydroxyl groups is 1. The number of nitrogens with zero attached hydrogens (tertiary/aromatic N) is 4. The molecule has 4 aromatic rings. The number of aromatic amines is 1. The van der Waals surface area contributed by atoms with Crippen LogP contribution in [-0.4, -0.2) is 30.3 Å². The van der Waals surface area contributed by atoms with Crippen molar-refractivity contribution in [3.05, 3.63) is 64.7 Å². The van der Waals surface area contributed by atoms with Crippen LogP contribution in [0.4, 0.5) is 0 Å². The van der Waals surface area contributed by atoms with Crippen LogP contribution in [0.5, 0.6) is 5.75 Å². The monoisotopic (exact) mass is 381 g/mol. The van der Waals surface area contributed by atoms with Crippen LogP contribution in [0.25, 0.3) is 22.4 Å². The molecule has 0 aliphatic heterocycles. The molecular weight excluding hydrogens is 370 g/mol. The second kappa shape index (κ2) is 6.01. The number of halogens is 1. The number of rotatable bonds is 3. The number of benzene rings is 1. The van der Waals surface area contributed by atoms with Crippen molar-refractivity contribution in [2.75, 3.05) is 0 Å². The summed E-state index contributed by atoms with van der Waals surface area (Å²) in [4.78, 5) is 11.7. The first-order chi connectivity index (χ1) is 11.7. The van der Waals surface area contributed by atoms with Gasteiger partial charge >= 0.3 is 0 Å². The third-order valence-corrected chi connectivity index (χ3v) is 4.27. The van der Waals surface area contributed by atoms with Gasteiger partial charge in [-0.25, -0.2) is 4.98 Å². The van der Waals surface area contributed by atoms with Gasteiger partial charge in [0.1, 0.15) is 15.9 Å². The molecule has 1 aromatic carbocycles. The molecule has 7 heteroatoms. The molecule has 0 aliphatic carbocycles. The zero-order valence-electron chi connectivity index (χ0n) is 12.4. The molecule has 0 aliphatic rings. The number of pyridine rings is 2. The summed E-state index contributed by atoms with van der Waals surface area (Å²) in [5.74, 6) is 1.09. The Bertz CT molecular complexity index is 1020. The van der Waals surface area contributed by atoms with E-state index in [1.807, 2.05) is 36.4 Å². The fraction of sp³-hybridized carbons (Fsp3) is 0.0588. The second-order valence-corrected chi connectivity index (χ2v) is 6.03. The lowest BCUT2D eigenvalue weighted by Gasteiger charge is -2.05. The van der Waals surface area contributed by atoms with E-state index in [0.29, 0.717) is 33.9 Å². The molecule has 0 saturated carbocycles. The van der Waals surface area contributed by atoms with Gasteiger partial charge in [0.2, 0.25) is 0 Å². The molecule has 6 nitrogen and oxygen atoms in total. The first-order valence-corrected chi connectivity index (χ1v) is 8.10. The number of fused-ring (bicyclic) bond motifs is 1. The van der Waals surface area contributed by atoms with Crippen LogP contribution in [-0.2, 0) is 6.42 Å². The average Bonchev–Trinajstić information content (AvgIpc) is 3.07. The van der Waals surface area contributed by atoms with Crippen LogP contribution < -0.4 is 0 Å². The maximum atomic E-state index is 10.5. The molecule has 4 rings (SSSR count). The van der Waals surface area contributed by atoms with Gasteiger partial charge in [0.05, 0.1) is 0 Å². The molecule has 0 fully saturated rings. The standard InChI is InChI=1S/C17H12BrN5O/c18-16-11-7-4-8-19-13(11)15(24)14(21-16)17-20-12(22-23-17)9-10-5-2-1-3-6-10/h1-8,24H,9H2,(H,20,22,23). The minimum Gasteiger partial charge on any atom is -0.504 e. The molecule has 3 aromatic heterocycles. The lowest BCUT2D eigenvalue weighted by Crippen LogP contribution is -1.93. The zero-order chi connectivity index (χ0) is 16.5. The minimum absolute atomic E-state index is 0.0174. The number of nitrogens with one attached hydrogen (secondary N) is 1. The highest BCUT2D eigenvalue weighted by molar-refractivity contribution is 9.10. The molecule has 0 saturated heterocycles. The largest absolute Gasteiger partial charge is 0.504 e. The Labute approximate surface area is 145 Å². The van der Waals surface area contributed by atoms with Crippen molar-refractivity contribution < 1.29 is 5.11 Å². The van der Waals surface area contributed by atoms with Gasteiger partial charge in [0, 0.05) is 18.0 Å². The first-order valence-electron chi connectivity index (χ1n) is 7.31. The Morgan fingerprint density at radius 1 is 1.04 bits per heavy atom. The number of aromatic nitrogens is 5. The van der Waals surface area contributed by atoms with Crippen molar-refractivity contribution in [3.63, 3.8) is 0 Å². The topological polar surface area (TPSA) is 87.6 Å². The molecule has 0 amide bonds. The first kappa shape index (κ1) is 14.8. The lowest BCUT2D eigenvalue weighted by atomic mass is 10.1. The number of hydrogen-bond acceptors (Lipinski definition) is 5. The van der Waals surface area contributed by atoms with Crippen LogP contribution in [0.2, 0.25) is 0 Å². The SMILES string of the molecule is Oc1c(-c2nnc(Cc3ccccc3)[nH]2)nc(Br)c2cccnc12. The van der Waals surface area contributed by atoms with Gasteiger partial charge in [-0.1, -0.05) is 30.3 Å². The summed E-state index contributed by atoms with van der Waals surface area (Å²) in [6, 6.07) is 13.6. The lowest BCUT2D eigenvalue weighted by molar-refractivity contribution is 0.479. The molecule has 0 radical (unpaired) electrons. The zero-order valence-corrected chi connectivity index (χ0v) is 14.0. The van der Waals surface area contributed by atoms with Gasteiger partial charge in [-0.15, -0.1) is 10.2 Å². The van der Waals surface area contributed by atoms with Gasteiger partial charge in [0.25, 0.3) is 0 Å². The smallest absolute Gasteiger partial charge is 0.183 e. The highest BCUT2D eigenvalue weighted by atomic mass is 79.9. The van der Waals surface area contributed by atoms with E-state index in [1.165, 1.54) is 0 Å². The molecule has 3 heterocycles. The van der Waals surface area contributed by atoms with Crippen LogP contribution in [0.15, 0.2) is 53.3 Å². The van der Waals surface area contributed by atoms with Crippen molar-refractivity contribution in [3.8, 4) is 17.3 Å². The second-order valence-electron chi connectivity index (χ2n) is 5.28. The van der Waals surface area contributed by atoms with Crippen molar-refractivity contribution in [1.29, 1.82) is 0 Å². The van der Waals surface area contributed by atoms with Crippen molar-refractivity contribution in [1.82, 2.24) is 25.1 Å². The predicted molar refractivity (Wildman–Crippen MR) is 93.5 cm³/mol. The molecule has 0 spiro atoms. The van der Waals surface area contributed by atoms with E-state index in [0.717, 1.165) is 10.9 Å². The van der Waals surface area contributed by atoms with E-state index < -0.39 is 0 Å². The van der Waals surface area contributed by atoms with Gasteiger partial charge in [-0.05, 0) is 33.6 Å². The molecule has 0 bridgehead atoms. The maximum absolute atomic E-state index is 10.5. The van der Waals surface area contributed by atoms with Crippen LogP contribution in [0.1, 0.15) is 11.4 Å². The summed E-state index contributed by atoms with van der Waals surface area (Å²) in [5.41, 5.74) is 1.91. The number of H-pyrrole nitrogens is 1. The molecule has 0 atom stereocenters. The third kappa shape index (κ3) is 2.63. The Morgan fingerprint density at radius 3 is 2.71 bits per heavy atom.